The van der Waals surface area contributed by atoms with Crippen molar-refractivity contribution in [2.24, 2.45) is 0 Å². The molecule has 2 aromatic heterocycles. The number of halogens is 1. The molecule has 4 atom stereocenters. The van der Waals surface area contributed by atoms with Crippen LogP contribution in [-0.2, 0) is 44.6 Å². The lowest BCUT2D eigenvalue weighted by Gasteiger charge is -2.30. The molecule has 3 heterocycles. The third-order valence-electron chi connectivity index (χ3n) is 7.10. The van der Waals surface area contributed by atoms with Gasteiger partial charge in [0.1, 0.15) is 35.8 Å². The minimum Gasteiger partial charge on any atom is -0.374 e. The van der Waals surface area contributed by atoms with Crippen molar-refractivity contribution in [1.82, 2.24) is 14.6 Å². The molecule has 0 spiro atoms. The van der Waals surface area contributed by atoms with Gasteiger partial charge in [0.2, 0.25) is 5.79 Å². The topological polar surface area (TPSA) is 87.3 Å². The van der Waals surface area contributed by atoms with Gasteiger partial charge in [-0.15, -0.1) is 0 Å². The number of fused-ring (bicyclic) bond motifs is 1. The van der Waals surface area contributed by atoms with E-state index in [2.05, 4.69) is 10.1 Å². The van der Waals surface area contributed by atoms with E-state index >= 15 is 0 Å². The van der Waals surface area contributed by atoms with Gasteiger partial charge in [-0.25, -0.2) is 9.50 Å². The lowest BCUT2D eigenvalue weighted by atomic mass is 10.0. The Morgan fingerprint density at radius 3 is 2.00 bits per heavy atom. The number of hydrogen-bond acceptors (Lipinski definition) is 7. The van der Waals surface area contributed by atoms with E-state index in [9.17, 15) is 5.11 Å². The summed E-state index contributed by atoms with van der Waals surface area (Å²) in [6.45, 7) is 1.09. The zero-order valence-electron chi connectivity index (χ0n) is 22.3. The van der Waals surface area contributed by atoms with Crippen molar-refractivity contribution < 1.29 is 24.1 Å². The highest BCUT2D eigenvalue weighted by Gasteiger charge is 2.58. The first kappa shape index (κ1) is 27.5. The van der Waals surface area contributed by atoms with Crippen LogP contribution in [0.2, 0.25) is 5.15 Å². The van der Waals surface area contributed by atoms with E-state index < -0.39 is 24.1 Å². The molecule has 1 unspecified atom stereocenters. The molecule has 0 bridgehead atoms. The zero-order chi connectivity index (χ0) is 28.1. The summed E-state index contributed by atoms with van der Waals surface area (Å²) >= 11 is 6.33. The Bertz CT molecular complexity index is 1550. The molecule has 1 N–H and O–H groups in total. The van der Waals surface area contributed by atoms with Gasteiger partial charge < -0.3 is 24.1 Å². The summed E-state index contributed by atoms with van der Waals surface area (Å²) in [5, 5.41) is 16.9. The number of benzene rings is 3. The molecule has 5 aromatic rings. The zero-order valence-corrected chi connectivity index (χ0v) is 23.0. The van der Waals surface area contributed by atoms with Crippen molar-refractivity contribution in [3.05, 3.63) is 137 Å². The Morgan fingerprint density at radius 1 is 0.780 bits per heavy atom. The van der Waals surface area contributed by atoms with Gasteiger partial charge in [0.25, 0.3) is 0 Å². The predicted octanol–water partition coefficient (Wildman–Crippen LogP) is 5.31. The molecule has 3 aromatic carbocycles. The molecule has 41 heavy (non-hydrogen) atoms. The van der Waals surface area contributed by atoms with Crippen LogP contribution in [0.25, 0.3) is 5.52 Å². The number of ether oxygens (including phenoxy) is 4. The van der Waals surface area contributed by atoms with E-state index in [-0.39, 0.29) is 18.4 Å². The summed E-state index contributed by atoms with van der Waals surface area (Å²) in [6.07, 6.45) is -0.928. The van der Waals surface area contributed by atoms with Crippen LogP contribution in [-0.4, -0.2) is 44.6 Å². The smallest absolute Gasteiger partial charge is 0.240 e. The molecular formula is C32H30ClN3O5. The van der Waals surface area contributed by atoms with Gasteiger partial charge in [0.05, 0.1) is 26.4 Å². The average Bonchev–Trinajstić information content (AvgIpc) is 3.57. The summed E-state index contributed by atoms with van der Waals surface area (Å²) in [7, 11) is 0. The Labute approximate surface area is 243 Å². The second-order valence-corrected chi connectivity index (χ2v) is 10.3. The molecule has 1 fully saturated rings. The van der Waals surface area contributed by atoms with Gasteiger partial charge in [-0.05, 0) is 28.8 Å². The van der Waals surface area contributed by atoms with Crippen molar-refractivity contribution in [1.29, 1.82) is 0 Å². The van der Waals surface area contributed by atoms with Gasteiger partial charge >= 0.3 is 0 Å². The van der Waals surface area contributed by atoms with Gasteiger partial charge in [-0.3, -0.25) is 0 Å². The Kier molecular flexibility index (Phi) is 8.38. The summed E-state index contributed by atoms with van der Waals surface area (Å²) in [5.41, 5.74) is 3.86. The van der Waals surface area contributed by atoms with E-state index in [0.717, 1.165) is 16.7 Å². The SMILES string of the molecule is OC1(c2ccc3c(Cl)ncnn23)O[C@H](COCc2ccccc2)[C@@H](OCc2ccccc2)[C@H]1OCc1ccccc1. The summed E-state index contributed by atoms with van der Waals surface area (Å²) in [5.74, 6) is -1.93. The Hall–Kier alpha value is -3.63. The second kappa shape index (κ2) is 12.5. The minimum atomic E-state index is -1.93. The molecule has 210 valence electrons. The van der Waals surface area contributed by atoms with E-state index in [1.54, 1.807) is 12.1 Å². The number of nitrogens with zero attached hydrogens (tertiary/aromatic N) is 3. The normalized spacial score (nSPS) is 22.3. The third-order valence-corrected chi connectivity index (χ3v) is 7.40. The molecule has 8 nitrogen and oxygen atoms in total. The third kappa shape index (κ3) is 6.04. The number of hydrogen-bond donors (Lipinski definition) is 1. The number of aromatic nitrogens is 3. The monoisotopic (exact) mass is 571 g/mol. The fraction of sp³-hybridized carbons (Fsp3) is 0.250. The largest absolute Gasteiger partial charge is 0.374 e. The second-order valence-electron chi connectivity index (χ2n) is 9.90. The van der Waals surface area contributed by atoms with Crippen LogP contribution >= 0.6 is 11.6 Å². The van der Waals surface area contributed by atoms with E-state index in [1.807, 2.05) is 91.0 Å². The Morgan fingerprint density at radius 2 is 1.37 bits per heavy atom. The highest BCUT2D eigenvalue weighted by atomic mass is 35.5. The summed E-state index contributed by atoms with van der Waals surface area (Å²) < 4.78 is 27.0. The lowest BCUT2D eigenvalue weighted by Crippen LogP contribution is -2.45. The van der Waals surface area contributed by atoms with Crippen LogP contribution in [0.3, 0.4) is 0 Å². The van der Waals surface area contributed by atoms with Crippen LogP contribution < -0.4 is 0 Å². The maximum absolute atomic E-state index is 12.3. The molecular weight excluding hydrogens is 542 g/mol. The Balaban J connectivity index is 1.33. The van der Waals surface area contributed by atoms with Crippen molar-refractivity contribution >= 4 is 17.1 Å². The molecule has 1 aliphatic heterocycles. The van der Waals surface area contributed by atoms with Crippen LogP contribution in [0.1, 0.15) is 22.4 Å². The first-order valence-corrected chi connectivity index (χ1v) is 13.8. The maximum atomic E-state index is 12.3. The number of aliphatic hydroxyl groups is 1. The van der Waals surface area contributed by atoms with Gasteiger partial charge in [0, 0.05) is 0 Å². The van der Waals surface area contributed by atoms with Crippen molar-refractivity contribution in [2.75, 3.05) is 6.61 Å². The van der Waals surface area contributed by atoms with Crippen LogP contribution in [0.5, 0.6) is 0 Å². The summed E-state index contributed by atoms with van der Waals surface area (Å²) in [4.78, 5) is 4.06. The summed E-state index contributed by atoms with van der Waals surface area (Å²) in [6, 6.07) is 33.0. The van der Waals surface area contributed by atoms with E-state index in [4.69, 9.17) is 30.5 Å². The quantitative estimate of drug-likeness (QED) is 0.230. The van der Waals surface area contributed by atoms with Crippen LogP contribution in [0.4, 0.5) is 0 Å². The highest BCUT2D eigenvalue weighted by Crippen LogP contribution is 2.42. The van der Waals surface area contributed by atoms with Crippen molar-refractivity contribution in [3.8, 4) is 0 Å². The van der Waals surface area contributed by atoms with Crippen LogP contribution in [0.15, 0.2) is 109 Å². The predicted molar refractivity (Wildman–Crippen MR) is 153 cm³/mol. The highest BCUT2D eigenvalue weighted by molar-refractivity contribution is 6.32. The maximum Gasteiger partial charge on any atom is 0.240 e. The number of rotatable bonds is 11. The molecule has 0 saturated carbocycles. The molecule has 1 saturated heterocycles. The lowest BCUT2D eigenvalue weighted by molar-refractivity contribution is -0.256. The van der Waals surface area contributed by atoms with Gasteiger partial charge in [-0.2, -0.15) is 5.10 Å². The molecule has 0 amide bonds. The van der Waals surface area contributed by atoms with Crippen LogP contribution in [0, 0.1) is 0 Å². The molecule has 6 rings (SSSR count). The molecule has 1 aliphatic rings. The molecule has 0 radical (unpaired) electrons. The van der Waals surface area contributed by atoms with Crippen molar-refractivity contribution in [2.45, 2.75) is 43.9 Å². The molecule has 0 aliphatic carbocycles. The van der Waals surface area contributed by atoms with E-state index in [0.29, 0.717) is 24.4 Å². The molecule has 9 heteroatoms. The van der Waals surface area contributed by atoms with E-state index in [1.165, 1.54) is 10.8 Å². The average molecular weight is 572 g/mol. The minimum absolute atomic E-state index is 0.168. The first-order chi connectivity index (χ1) is 20.1. The van der Waals surface area contributed by atoms with Gasteiger partial charge in [-0.1, -0.05) is 103 Å². The van der Waals surface area contributed by atoms with Gasteiger partial charge in [0.15, 0.2) is 5.15 Å². The fourth-order valence-electron chi connectivity index (χ4n) is 5.09. The standard InChI is InChI=1S/C32H30ClN3O5/c33-31-26-16-17-28(36(26)35-22-34-31)32(37)30(40-20-25-14-8-3-9-15-25)29(39-19-24-12-6-2-7-13-24)27(41-32)21-38-18-23-10-4-1-5-11-23/h1-17,22,27,29-30,37H,18-21H2/t27-,29-,30-,32?/m1/s1. The fourth-order valence-corrected chi connectivity index (χ4v) is 5.28. The van der Waals surface area contributed by atoms with Crippen molar-refractivity contribution in [3.63, 3.8) is 0 Å². The first-order valence-electron chi connectivity index (χ1n) is 13.4.